The lowest BCUT2D eigenvalue weighted by molar-refractivity contribution is 0.430. The van der Waals surface area contributed by atoms with Crippen LogP contribution in [0.15, 0.2) is 54.6 Å². The number of benzene rings is 2. The van der Waals surface area contributed by atoms with Crippen LogP contribution in [0.3, 0.4) is 0 Å². The summed E-state index contributed by atoms with van der Waals surface area (Å²) in [5, 5.41) is 13.2. The Morgan fingerprint density at radius 3 is 2.00 bits per heavy atom. The summed E-state index contributed by atoms with van der Waals surface area (Å²) in [5.74, 6) is 1.01. The zero-order valence-electron chi connectivity index (χ0n) is 12.9. The van der Waals surface area contributed by atoms with Crippen molar-refractivity contribution in [2.45, 2.75) is 32.7 Å². The standard InChI is InChI=1S/C19H25NO/c1-3-15(4-2)14-20-19(16-8-6-5-7-9-16)17-10-12-18(21)13-11-17/h5-13,15,19-21H,3-4,14H2,1-2H3. The van der Waals surface area contributed by atoms with E-state index in [1.54, 1.807) is 12.1 Å². The van der Waals surface area contributed by atoms with Gasteiger partial charge in [-0.1, -0.05) is 69.2 Å². The van der Waals surface area contributed by atoms with Gasteiger partial charge in [-0.15, -0.1) is 0 Å². The second kappa shape index (κ2) is 7.84. The smallest absolute Gasteiger partial charge is 0.115 e. The summed E-state index contributed by atoms with van der Waals surface area (Å²) in [5.41, 5.74) is 2.44. The molecular formula is C19H25NO. The lowest BCUT2D eigenvalue weighted by Gasteiger charge is -2.23. The van der Waals surface area contributed by atoms with Gasteiger partial charge in [-0.05, 0) is 35.7 Å². The fourth-order valence-corrected chi connectivity index (χ4v) is 2.60. The molecule has 0 bridgehead atoms. The Kier molecular flexibility index (Phi) is 5.82. The lowest BCUT2D eigenvalue weighted by Crippen LogP contribution is -2.27. The lowest BCUT2D eigenvalue weighted by atomic mass is 9.96. The molecule has 2 N–H and O–H groups in total. The molecular weight excluding hydrogens is 258 g/mol. The van der Waals surface area contributed by atoms with Crippen LogP contribution in [0.1, 0.15) is 43.9 Å². The van der Waals surface area contributed by atoms with E-state index in [2.05, 4.69) is 43.4 Å². The van der Waals surface area contributed by atoms with Gasteiger partial charge in [-0.3, -0.25) is 0 Å². The normalized spacial score (nSPS) is 12.5. The zero-order chi connectivity index (χ0) is 15.1. The highest BCUT2D eigenvalue weighted by Crippen LogP contribution is 2.24. The molecule has 0 aromatic heterocycles. The monoisotopic (exact) mass is 283 g/mol. The highest BCUT2D eigenvalue weighted by Gasteiger charge is 2.15. The average molecular weight is 283 g/mol. The van der Waals surface area contributed by atoms with Gasteiger partial charge in [0.2, 0.25) is 0 Å². The van der Waals surface area contributed by atoms with Crippen molar-refractivity contribution in [3.05, 3.63) is 65.7 Å². The van der Waals surface area contributed by atoms with Crippen LogP contribution in [0.25, 0.3) is 0 Å². The Labute approximate surface area is 127 Å². The summed E-state index contributed by atoms with van der Waals surface area (Å²) < 4.78 is 0. The van der Waals surface area contributed by atoms with Crippen molar-refractivity contribution in [2.24, 2.45) is 5.92 Å². The minimum atomic E-state index is 0.174. The second-order valence-electron chi connectivity index (χ2n) is 5.53. The van der Waals surface area contributed by atoms with Gasteiger partial charge >= 0.3 is 0 Å². The largest absolute Gasteiger partial charge is 0.508 e. The van der Waals surface area contributed by atoms with E-state index in [-0.39, 0.29) is 6.04 Å². The Balaban J connectivity index is 2.20. The maximum atomic E-state index is 9.48. The number of hydrogen-bond acceptors (Lipinski definition) is 2. The van der Waals surface area contributed by atoms with Crippen LogP contribution in [0.5, 0.6) is 5.75 Å². The molecule has 0 aliphatic heterocycles. The average Bonchev–Trinajstić information content (AvgIpc) is 2.54. The minimum Gasteiger partial charge on any atom is -0.508 e. The Hall–Kier alpha value is -1.80. The first-order valence-electron chi connectivity index (χ1n) is 7.81. The van der Waals surface area contributed by atoms with Crippen LogP contribution >= 0.6 is 0 Å². The molecule has 0 fully saturated rings. The molecule has 0 amide bonds. The summed E-state index contributed by atoms with van der Waals surface area (Å²) >= 11 is 0. The van der Waals surface area contributed by atoms with Crippen LogP contribution < -0.4 is 5.32 Å². The predicted octanol–water partition coefficient (Wildman–Crippen LogP) is 4.51. The van der Waals surface area contributed by atoms with E-state index in [0.29, 0.717) is 11.7 Å². The third-order valence-electron chi connectivity index (χ3n) is 4.12. The molecule has 0 radical (unpaired) electrons. The Morgan fingerprint density at radius 2 is 1.43 bits per heavy atom. The second-order valence-corrected chi connectivity index (χ2v) is 5.53. The summed E-state index contributed by atoms with van der Waals surface area (Å²) in [4.78, 5) is 0. The number of rotatable bonds is 7. The Morgan fingerprint density at radius 1 is 0.857 bits per heavy atom. The highest BCUT2D eigenvalue weighted by molar-refractivity contribution is 5.34. The quantitative estimate of drug-likeness (QED) is 0.783. The van der Waals surface area contributed by atoms with Gasteiger partial charge in [0.15, 0.2) is 0 Å². The van der Waals surface area contributed by atoms with Gasteiger partial charge < -0.3 is 10.4 Å². The van der Waals surface area contributed by atoms with Crippen molar-refractivity contribution in [1.29, 1.82) is 0 Å². The molecule has 0 saturated carbocycles. The van der Waals surface area contributed by atoms with Crippen LogP contribution in [0.4, 0.5) is 0 Å². The van der Waals surface area contributed by atoms with E-state index < -0.39 is 0 Å². The van der Waals surface area contributed by atoms with Gasteiger partial charge in [0, 0.05) is 0 Å². The summed E-state index contributed by atoms with van der Waals surface area (Å²) in [7, 11) is 0. The SMILES string of the molecule is CCC(CC)CNC(c1ccccc1)c1ccc(O)cc1. The van der Waals surface area contributed by atoms with E-state index in [1.807, 2.05) is 18.2 Å². The van der Waals surface area contributed by atoms with Gasteiger partial charge in [0.1, 0.15) is 5.75 Å². The molecule has 2 aromatic carbocycles. The van der Waals surface area contributed by atoms with E-state index in [9.17, 15) is 5.11 Å². The van der Waals surface area contributed by atoms with Crippen LogP contribution in [0.2, 0.25) is 0 Å². The first kappa shape index (κ1) is 15.6. The number of phenolic OH excluding ortho intramolecular Hbond substituents is 1. The van der Waals surface area contributed by atoms with E-state index in [1.165, 1.54) is 24.0 Å². The number of aromatic hydroxyl groups is 1. The Bertz CT molecular complexity index is 517. The fraction of sp³-hybridized carbons (Fsp3) is 0.368. The third-order valence-corrected chi connectivity index (χ3v) is 4.12. The molecule has 2 rings (SSSR count). The number of hydrogen-bond donors (Lipinski definition) is 2. The molecule has 0 heterocycles. The van der Waals surface area contributed by atoms with E-state index in [4.69, 9.17) is 0 Å². The van der Waals surface area contributed by atoms with Crippen molar-refractivity contribution >= 4 is 0 Å². The molecule has 21 heavy (non-hydrogen) atoms. The number of nitrogens with one attached hydrogen (secondary N) is 1. The van der Waals surface area contributed by atoms with Gasteiger partial charge in [0.05, 0.1) is 6.04 Å². The van der Waals surface area contributed by atoms with Gasteiger partial charge in [0.25, 0.3) is 0 Å². The summed E-state index contributed by atoms with van der Waals surface area (Å²) in [6, 6.07) is 18.1. The first-order valence-corrected chi connectivity index (χ1v) is 7.81. The highest BCUT2D eigenvalue weighted by atomic mass is 16.3. The zero-order valence-corrected chi connectivity index (χ0v) is 12.9. The maximum Gasteiger partial charge on any atom is 0.115 e. The van der Waals surface area contributed by atoms with Crippen molar-refractivity contribution in [1.82, 2.24) is 5.32 Å². The predicted molar refractivity (Wildman–Crippen MR) is 88.5 cm³/mol. The van der Waals surface area contributed by atoms with Crippen molar-refractivity contribution in [2.75, 3.05) is 6.54 Å². The third kappa shape index (κ3) is 4.33. The van der Waals surface area contributed by atoms with Crippen LogP contribution in [0, 0.1) is 5.92 Å². The summed E-state index contributed by atoms with van der Waals surface area (Å²) in [6.07, 6.45) is 2.39. The molecule has 112 valence electrons. The molecule has 0 aliphatic rings. The van der Waals surface area contributed by atoms with Crippen molar-refractivity contribution < 1.29 is 5.11 Å². The van der Waals surface area contributed by atoms with Gasteiger partial charge in [-0.2, -0.15) is 0 Å². The van der Waals surface area contributed by atoms with E-state index in [0.717, 1.165) is 6.54 Å². The molecule has 1 atom stereocenters. The summed E-state index contributed by atoms with van der Waals surface area (Å²) in [6.45, 7) is 5.50. The van der Waals surface area contributed by atoms with Gasteiger partial charge in [-0.25, -0.2) is 0 Å². The number of phenols is 1. The molecule has 0 spiro atoms. The molecule has 0 saturated heterocycles. The molecule has 2 heteroatoms. The molecule has 2 nitrogen and oxygen atoms in total. The topological polar surface area (TPSA) is 32.3 Å². The van der Waals surface area contributed by atoms with Crippen molar-refractivity contribution in [3.8, 4) is 5.75 Å². The molecule has 2 aromatic rings. The first-order chi connectivity index (χ1) is 10.2. The minimum absolute atomic E-state index is 0.174. The van der Waals surface area contributed by atoms with Crippen molar-refractivity contribution in [3.63, 3.8) is 0 Å². The molecule has 1 unspecified atom stereocenters. The maximum absolute atomic E-state index is 9.48. The van der Waals surface area contributed by atoms with Crippen LogP contribution in [-0.2, 0) is 0 Å². The molecule has 0 aliphatic carbocycles. The van der Waals surface area contributed by atoms with E-state index >= 15 is 0 Å². The van der Waals surface area contributed by atoms with Crippen LogP contribution in [-0.4, -0.2) is 11.7 Å². The fourth-order valence-electron chi connectivity index (χ4n) is 2.60.